The SMILES string of the molecule is CCCCCCCCCN1CC(C)OC(CO)C1. The van der Waals surface area contributed by atoms with Crippen molar-refractivity contribution >= 4 is 0 Å². The molecule has 18 heavy (non-hydrogen) atoms. The first-order valence-electron chi connectivity index (χ1n) is 7.75. The molecule has 1 saturated heterocycles. The minimum atomic E-state index is 0.0262. The predicted molar refractivity (Wildman–Crippen MR) is 75.9 cm³/mol. The highest BCUT2D eigenvalue weighted by atomic mass is 16.5. The van der Waals surface area contributed by atoms with E-state index in [1.54, 1.807) is 0 Å². The van der Waals surface area contributed by atoms with Crippen molar-refractivity contribution in [3.8, 4) is 0 Å². The van der Waals surface area contributed by atoms with E-state index in [0.717, 1.165) is 19.6 Å². The van der Waals surface area contributed by atoms with Gasteiger partial charge >= 0.3 is 0 Å². The summed E-state index contributed by atoms with van der Waals surface area (Å²) < 4.78 is 5.65. The lowest BCUT2D eigenvalue weighted by Gasteiger charge is -2.36. The number of hydrogen-bond donors (Lipinski definition) is 1. The van der Waals surface area contributed by atoms with Crippen LogP contribution < -0.4 is 0 Å². The molecule has 0 saturated carbocycles. The third kappa shape index (κ3) is 6.72. The number of morpholine rings is 1. The minimum absolute atomic E-state index is 0.0262. The average molecular weight is 257 g/mol. The molecule has 0 aromatic heterocycles. The Labute approximate surface area is 113 Å². The number of nitrogens with zero attached hydrogens (tertiary/aromatic N) is 1. The van der Waals surface area contributed by atoms with E-state index >= 15 is 0 Å². The molecule has 3 heteroatoms. The lowest BCUT2D eigenvalue weighted by atomic mass is 10.1. The van der Waals surface area contributed by atoms with Crippen LogP contribution >= 0.6 is 0 Å². The van der Waals surface area contributed by atoms with Crippen LogP contribution in [-0.2, 0) is 4.74 Å². The molecule has 1 N–H and O–H groups in total. The van der Waals surface area contributed by atoms with Crippen LogP contribution in [0.2, 0.25) is 0 Å². The van der Waals surface area contributed by atoms with Crippen molar-refractivity contribution in [1.82, 2.24) is 4.90 Å². The number of aliphatic hydroxyl groups is 1. The fourth-order valence-electron chi connectivity index (χ4n) is 2.72. The maximum atomic E-state index is 9.17. The lowest BCUT2D eigenvalue weighted by molar-refractivity contribution is -0.0952. The highest BCUT2D eigenvalue weighted by Gasteiger charge is 2.23. The molecule has 1 aliphatic heterocycles. The summed E-state index contributed by atoms with van der Waals surface area (Å²) >= 11 is 0. The number of aliphatic hydroxyl groups excluding tert-OH is 1. The zero-order chi connectivity index (χ0) is 13.2. The second-order valence-corrected chi connectivity index (χ2v) is 5.63. The molecule has 0 radical (unpaired) electrons. The van der Waals surface area contributed by atoms with Crippen LogP contribution in [0.4, 0.5) is 0 Å². The van der Waals surface area contributed by atoms with Crippen molar-refractivity contribution in [1.29, 1.82) is 0 Å². The lowest BCUT2D eigenvalue weighted by Crippen LogP contribution is -2.48. The van der Waals surface area contributed by atoms with E-state index in [4.69, 9.17) is 9.84 Å². The van der Waals surface area contributed by atoms with Gasteiger partial charge in [0.15, 0.2) is 0 Å². The molecule has 1 heterocycles. The highest BCUT2D eigenvalue weighted by molar-refractivity contribution is 4.75. The molecule has 0 aromatic carbocycles. The van der Waals surface area contributed by atoms with Crippen molar-refractivity contribution in [2.24, 2.45) is 0 Å². The van der Waals surface area contributed by atoms with E-state index < -0.39 is 0 Å². The second-order valence-electron chi connectivity index (χ2n) is 5.63. The molecule has 1 aliphatic rings. The van der Waals surface area contributed by atoms with Gasteiger partial charge in [-0.05, 0) is 19.9 Å². The zero-order valence-corrected chi connectivity index (χ0v) is 12.2. The summed E-state index contributed by atoms with van der Waals surface area (Å²) in [7, 11) is 0. The van der Waals surface area contributed by atoms with Gasteiger partial charge in [-0.1, -0.05) is 45.4 Å². The van der Waals surface area contributed by atoms with Crippen LogP contribution in [0.15, 0.2) is 0 Å². The molecule has 1 fully saturated rings. The number of rotatable bonds is 9. The first-order valence-corrected chi connectivity index (χ1v) is 7.75. The van der Waals surface area contributed by atoms with Gasteiger partial charge in [0, 0.05) is 13.1 Å². The summed E-state index contributed by atoms with van der Waals surface area (Å²) in [5.41, 5.74) is 0. The molecular weight excluding hydrogens is 226 g/mol. The Balaban J connectivity index is 2.00. The third-order valence-electron chi connectivity index (χ3n) is 3.68. The van der Waals surface area contributed by atoms with Crippen LogP contribution in [0.25, 0.3) is 0 Å². The van der Waals surface area contributed by atoms with Gasteiger partial charge < -0.3 is 9.84 Å². The third-order valence-corrected chi connectivity index (χ3v) is 3.68. The van der Waals surface area contributed by atoms with E-state index in [9.17, 15) is 0 Å². The van der Waals surface area contributed by atoms with E-state index in [0.29, 0.717) is 0 Å². The number of ether oxygens (including phenoxy) is 1. The molecular formula is C15H31NO2. The predicted octanol–water partition coefficient (Wildman–Crippen LogP) is 2.82. The van der Waals surface area contributed by atoms with Gasteiger partial charge in [-0.25, -0.2) is 0 Å². The van der Waals surface area contributed by atoms with Gasteiger partial charge in [0.2, 0.25) is 0 Å². The van der Waals surface area contributed by atoms with Crippen molar-refractivity contribution in [2.45, 2.75) is 71.0 Å². The Morgan fingerprint density at radius 1 is 1.06 bits per heavy atom. The largest absolute Gasteiger partial charge is 0.394 e. The van der Waals surface area contributed by atoms with E-state index in [2.05, 4.69) is 18.7 Å². The van der Waals surface area contributed by atoms with Crippen molar-refractivity contribution < 1.29 is 9.84 Å². The summed E-state index contributed by atoms with van der Waals surface area (Å²) in [4.78, 5) is 2.45. The molecule has 108 valence electrons. The van der Waals surface area contributed by atoms with Crippen LogP contribution in [0, 0.1) is 0 Å². The van der Waals surface area contributed by atoms with Gasteiger partial charge in [-0.3, -0.25) is 4.90 Å². The Bertz CT molecular complexity index is 199. The standard InChI is InChI=1S/C15H31NO2/c1-3-4-5-6-7-8-9-10-16-11-14(2)18-15(12-16)13-17/h14-15,17H,3-13H2,1-2H3. The van der Waals surface area contributed by atoms with Crippen LogP contribution in [0.1, 0.15) is 58.8 Å². The van der Waals surface area contributed by atoms with Gasteiger partial charge in [0.05, 0.1) is 18.8 Å². The quantitative estimate of drug-likeness (QED) is 0.645. The van der Waals surface area contributed by atoms with E-state index in [1.165, 1.54) is 44.9 Å². The summed E-state index contributed by atoms with van der Waals surface area (Å²) in [5, 5.41) is 9.17. The maximum Gasteiger partial charge on any atom is 0.0936 e. The topological polar surface area (TPSA) is 32.7 Å². The molecule has 1 rings (SSSR count). The minimum Gasteiger partial charge on any atom is -0.394 e. The summed E-state index contributed by atoms with van der Waals surface area (Å²) in [6.07, 6.45) is 9.82. The molecule has 0 amide bonds. The summed E-state index contributed by atoms with van der Waals surface area (Å²) in [6.45, 7) is 7.59. The molecule has 3 nitrogen and oxygen atoms in total. The normalized spacial score (nSPS) is 25.5. The maximum absolute atomic E-state index is 9.17. The molecule has 0 aliphatic carbocycles. The smallest absolute Gasteiger partial charge is 0.0936 e. The highest BCUT2D eigenvalue weighted by Crippen LogP contribution is 2.13. The van der Waals surface area contributed by atoms with Crippen molar-refractivity contribution in [3.05, 3.63) is 0 Å². The van der Waals surface area contributed by atoms with E-state index in [-0.39, 0.29) is 18.8 Å². The monoisotopic (exact) mass is 257 g/mol. The number of unbranched alkanes of at least 4 members (excludes halogenated alkanes) is 6. The fourth-order valence-corrected chi connectivity index (χ4v) is 2.72. The average Bonchev–Trinajstić information content (AvgIpc) is 2.37. The Morgan fingerprint density at radius 3 is 2.39 bits per heavy atom. The van der Waals surface area contributed by atoms with Gasteiger partial charge in [0.25, 0.3) is 0 Å². The van der Waals surface area contributed by atoms with Gasteiger partial charge in [-0.2, -0.15) is 0 Å². The first-order chi connectivity index (χ1) is 8.76. The van der Waals surface area contributed by atoms with Crippen molar-refractivity contribution in [2.75, 3.05) is 26.2 Å². The Morgan fingerprint density at radius 2 is 1.72 bits per heavy atom. The summed E-state index contributed by atoms with van der Waals surface area (Å²) in [6, 6.07) is 0. The van der Waals surface area contributed by atoms with Crippen LogP contribution in [0.5, 0.6) is 0 Å². The Hall–Kier alpha value is -0.120. The summed E-state index contributed by atoms with van der Waals surface area (Å²) in [5.74, 6) is 0. The van der Waals surface area contributed by atoms with Crippen LogP contribution in [-0.4, -0.2) is 48.5 Å². The second kappa shape index (κ2) is 9.76. The van der Waals surface area contributed by atoms with Crippen LogP contribution in [0.3, 0.4) is 0 Å². The molecule has 0 bridgehead atoms. The molecule has 0 spiro atoms. The van der Waals surface area contributed by atoms with Crippen molar-refractivity contribution in [3.63, 3.8) is 0 Å². The van der Waals surface area contributed by atoms with E-state index in [1.807, 2.05) is 0 Å². The molecule has 2 atom stereocenters. The van der Waals surface area contributed by atoms with Gasteiger partial charge in [-0.15, -0.1) is 0 Å². The molecule has 2 unspecified atom stereocenters. The van der Waals surface area contributed by atoms with Gasteiger partial charge in [0.1, 0.15) is 0 Å². The molecule has 0 aromatic rings. The fraction of sp³-hybridized carbons (Fsp3) is 1.00. The zero-order valence-electron chi connectivity index (χ0n) is 12.2. The first kappa shape index (κ1) is 15.9. The number of hydrogen-bond acceptors (Lipinski definition) is 3. The Kier molecular flexibility index (Phi) is 8.64.